The average molecular weight is 142 g/mol. The SMILES string of the molecule is O.O.O.O.O.O.[B-].[Na+]. The second-order valence-corrected chi connectivity index (χ2v) is 0. The third-order valence-electron chi connectivity index (χ3n) is 0. The summed E-state index contributed by atoms with van der Waals surface area (Å²) in [5.74, 6) is 0. The average Bonchev–Trinajstić information content (AvgIpc) is 0. The van der Waals surface area contributed by atoms with Crippen LogP contribution in [0.2, 0.25) is 0 Å². The predicted molar refractivity (Wildman–Crippen MR) is 27.4 cm³/mol. The summed E-state index contributed by atoms with van der Waals surface area (Å²) in [6.07, 6.45) is 0. The first-order valence-corrected chi connectivity index (χ1v) is 0. The van der Waals surface area contributed by atoms with Gasteiger partial charge in [0.05, 0.1) is 0 Å². The summed E-state index contributed by atoms with van der Waals surface area (Å²) in [5.41, 5.74) is 0. The van der Waals surface area contributed by atoms with E-state index < -0.39 is 0 Å². The van der Waals surface area contributed by atoms with Gasteiger partial charge in [0.1, 0.15) is 0 Å². The van der Waals surface area contributed by atoms with Gasteiger partial charge in [-0.1, -0.05) is 0 Å². The van der Waals surface area contributed by atoms with Crippen molar-refractivity contribution in [2.24, 2.45) is 0 Å². The van der Waals surface area contributed by atoms with E-state index in [1.165, 1.54) is 0 Å². The van der Waals surface area contributed by atoms with Crippen molar-refractivity contribution in [2.75, 3.05) is 0 Å². The minimum atomic E-state index is 0. The van der Waals surface area contributed by atoms with Crippen molar-refractivity contribution in [2.45, 2.75) is 0 Å². The first-order valence-electron chi connectivity index (χ1n) is 0. The standard InChI is InChI=1S/B.Na.6H2O/h;;6*1H2/q-1;+1;;;;;;. The molecule has 0 aromatic carbocycles. The Bertz CT molecular complexity index is 8.49. The molecule has 0 amide bonds. The minimum Gasteiger partial charge on any atom is -1.00 e. The molecule has 4 radical (unpaired) electrons. The molecule has 0 aliphatic carbocycles. The van der Waals surface area contributed by atoms with Crippen molar-refractivity contribution in [3.05, 3.63) is 0 Å². The molecule has 0 unspecified atom stereocenters. The van der Waals surface area contributed by atoms with E-state index in [4.69, 9.17) is 0 Å². The van der Waals surface area contributed by atoms with Crippen LogP contribution in [0.25, 0.3) is 0 Å². The Balaban J connectivity index is 0. The summed E-state index contributed by atoms with van der Waals surface area (Å²) in [4.78, 5) is 0. The molecule has 0 aromatic heterocycles. The molecule has 0 heterocycles. The summed E-state index contributed by atoms with van der Waals surface area (Å²) in [7, 11) is 0. The molecule has 0 aliphatic heterocycles. The van der Waals surface area contributed by atoms with Crippen LogP contribution >= 0.6 is 0 Å². The zero-order valence-electron chi connectivity index (χ0n) is 4.58. The quantitative estimate of drug-likeness (QED) is 0.290. The molecule has 12 N–H and O–H groups in total. The maximum atomic E-state index is 0. The van der Waals surface area contributed by atoms with Gasteiger partial charge in [-0.05, 0) is 0 Å². The van der Waals surface area contributed by atoms with Crippen molar-refractivity contribution in [3.8, 4) is 0 Å². The Labute approximate surface area is 71.0 Å². The van der Waals surface area contributed by atoms with E-state index in [2.05, 4.69) is 0 Å². The number of rotatable bonds is 0. The second kappa shape index (κ2) is 536. The fourth-order valence-corrected chi connectivity index (χ4v) is 0. The summed E-state index contributed by atoms with van der Waals surface area (Å²) in [5, 5.41) is 0. The molecule has 0 aliphatic rings. The number of hydrogen-bond donors (Lipinski definition) is 0. The Morgan fingerprint density at radius 2 is 0.375 bits per heavy atom. The zero-order chi connectivity index (χ0) is 0. The van der Waals surface area contributed by atoms with Gasteiger partial charge in [-0.2, -0.15) is 0 Å². The summed E-state index contributed by atoms with van der Waals surface area (Å²) in [6.45, 7) is 0. The molecule has 0 bridgehead atoms. The molecule has 8 heavy (non-hydrogen) atoms. The van der Waals surface area contributed by atoms with Crippen LogP contribution in [-0.4, -0.2) is 41.3 Å². The van der Waals surface area contributed by atoms with Gasteiger partial charge >= 0.3 is 29.6 Å². The first-order chi connectivity index (χ1) is 0. The van der Waals surface area contributed by atoms with Gasteiger partial charge in [-0.3, -0.25) is 0 Å². The van der Waals surface area contributed by atoms with Gasteiger partial charge in [0, 0.05) is 0 Å². The van der Waals surface area contributed by atoms with Gasteiger partial charge < -0.3 is 41.3 Å². The third-order valence-corrected chi connectivity index (χ3v) is 0. The predicted octanol–water partition coefficient (Wildman–Crippen LogP) is -8.32. The van der Waals surface area contributed by atoms with Gasteiger partial charge in [-0.15, -0.1) is 0 Å². The van der Waals surface area contributed by atoms with Gasteiger partial charge in [0.15, 0.2) is 0 Å². The zero-order valence-corrected chi connectivity index (χ0v) is 6.58. The van der Waals surface area contributed by atoms with E-state index in [0.717, 1.165) is 0 Å². The normalized spacial score (nSPS) is 0. The third kappa shape index (κ3) is 340. The molecule has 8 heteroatoms. The molecule has 0 atom stereocenters. The maximum absolute atomic E-state index is 0. The molecule has 0 aromatic rings. The largest absolute Gasteiger partial charge is 1.00 e. The minimum absolute atomic E-state index is 0. The summed E-state index contributed by atoms with van der Waals surface area (Å²) >= 11 is 0. The van der Waals surface area contributed by atoms with E-state index in [1.807, 2.05) is 0 Å². The molecule has 52 valence electrons. The second-order valence-electron chi connectivity index (χ2n) is 0. The molecular weight excluding hydrogens is 130 g/mol. The van der Waals surface area contributed by atoms with Gasteiger partial charge in [0.25, 0.3) is 0 Å². The Kier molecular flexibility index (Phi) is 53200. The number of hydrogen-bond acceptors (Lipinski definition) is 0. The Morgan fingerprint density at radius 3 is 0.375 bits per heavy atom. The van der Waals surface area contributed by atoms with Gasteiger partial charge in [0.2, 0.25) is 0 Å². The van der Waals surface area contributed by atoms with E-state index >= 15 is 0 Å². The fourth-order valence-electron chi connectivity index (χ4n) is 0. The van der Waals surface area contributed by atoms with E-state index in [-0.39, 0.29) is 70.8 Å². The van der Waals surface area contributed by atoms with Crippen LogP contribution in [0.1, 0.15) is 0 Å². The van der Waals surface area contributed by atoms with Crippen molar-refractivity contribution >= 4 is 8.41 Å². The molecule has 0 spiro atoms. The van der Waals surface area contributed by atoms with Crippen LogP contribution in [0, 0.1) is 0 Å². The summed E-state index contributed by atoms with van der Waals surface area (Å²) < 4.78 is 0. The van der Waals surface area contributed by atoms with Gasteiger partial charge in [-0.25, -0.2) is 0 Å². The van der Waals surface area contributed by atoms with Crippen LogP contribution in [0.5, 0.6) is 0 Å². The smallest absolute Gasteiger partial charge is 1.00 e. The van der Waals surface area contributed by atoms with Crippen molar-refractivity contribution in [1.29, 1.82) is 0 Å². The maximum Gasteiger partial charge on any atom is 1.00 e. The van der Waals surface area contributed by atoms with Crippen LogP contribution in [0.4, 0.5) is 0 Å². The molecule has 0 rings (SSSR count). The Morgan fingerprint density at radius 1 is 0.375 bits per heavy atom. The first kappa shape index (κ1) is 794. The monoisotopic (exact) mass is 142 g/mol. The van der Waals surface area contributed by atoms with E-state index in [0.29, 0.717) is 0 Å². The van der Waals surface area contributed by atoms with E-state index in [9.17, 15) is 0 Å². The summed E-state index contributed by atoms with van der Waals surface area (Å²) in [6, 6.07) is 0. The molecular formula is H12BNaO6. The molecule has 0 saturated heterocycles. The molecule has 6 nitrogen and oxygen atoms in total. The van der Waals surface area contributed by atoms with Crippen molar-refractivity contribution < 1.29 is 62.4 Å². The molecule has 0 saturated carbocycles. The van der Waals surface area contributed by atoms with Crippen LogP contribution in [0.15, 0.2) is 0 Å². The van der Waals surface area contributed by atoms with Crippen LogP contribution in [-0.2, 0) is 0 Å². The van der Waals surface area contributed by atoms with Crippen LogP contribution in [0.3, 0.4) is 0 Å². The van der Waals surface area contributed by atoms with E-state index in [1.54, 1.807) is 0 Å². The Hall–Kier alpha value is 0.825. The fraction of sp³-hybridized carbons (Fsp3) is 0. The van der Waals surface area contributed by atoms with Crippen molar-refractivity contribution in [3.63, 3.8) is 0 Å². The van der Waals surface area contributed by atoms with Crippen molar-refractivity contribution in [1.82, 2.24) is 0 Å². The molecule has 0 fully saturated rings. The van der Waals surface area contributed by atoms with Crippen LogP contribution < -0.4 is 29.6 Å². The topological polar surface area (TPSA) is 189 Å².